The van der Waals surface area contributed by atoms with E-state index in [4.69, 9.17) is 9.47 Å². The maximum atomic E-state index is 12.4. The summed E-state index contributed by atoms with van der Waals surface area (Å²) in [6.45, 7) is 3.81. The number of esters is 1. The molecule has 116 valence electrons. The smallest absolute Gasteiger partial charge is 0.354 e. The molecule has 2 rings (SSSR count). The number of carbonyl (C=O) groups is 2. The van der Waals surface area contributed by atoms with Crippen LogP contribution in [-0.2, 0) is 11.2 Å². The van der Waals surface area contributed by atoms with Gasteiger partial charge in [-0.15, -0.1) is 0 Å². The fourth-order valence-corrected chi connectivity index (χ4v) is 2.19. The molecule has 1 aromatic carbocycles. The summed E-state index contributed by atoms with van der Waals surface area (Å²) in [4.78, 5) is 27.0. The Morgan fingerprint density at radius 1 is 1.18 bits per heavy atom. The van der Waals surface area contributed by atoms with Crippen molar-refractivity contribution >= 4 is 11.8 Å². The van der Waals surface area contributed by atoms with E-state index in [-0.39, 0.29) is 12.2 Å². The molecule has 1 heterocycles. The van der Waals surface area contributed by atoms with Crippen molar-refractivity contribution in [1.82, 2.24) is 4.98 Å². The number of Topliss-reactive ketones (excluding diaryl/α,β-unsaturated/α-hetero) is 1. The van der Waals surface area contributed by atoms with Gasteiger partial charge in [0.25, 0.3) is 0 Å². The van der Waals surface area contributed by atoms with Crippen molar-refractivity contribution in [3.63, 3.8) is 0 Å². The van der Waals surface area contributed by atoms with Crippen molar-refractivity contribution in [3.8, 4) is 5.75 Å². The molecule has 0 radical (unpaired) electrons. The zero-order valence-electron chi connectivity index (χ0n) is 12.9. The van der Waals surface area contributed by atoms with E-state index in [2.05, 4.69) is 4.98 Å². The van der Waals surface area contributed by atoms with Crippen molar-refractivity contribution in [1.29, 1.82) is 0 Å². The van der Waals surface area contributed by atoms with Gasteiger partial charge in [-0.05, 0) is 37.6 Å². The van der Waals surface area contributed by atoms with E-state index in [1.54, 1.807) is 27.0 Å². The average Bonchev–Trinajstić information content (AvgIpc) is 2.90. The SMILES string of the molecule is CCOC(=O)c1cc(C(=O)Cc2ccc(OC)cc2)c(C)[nH]1. The molecule has 0 aliphatic carbocycles. The number of hydrogen-bond acceptors (Lipinski definition) is 4. The van der Waals surface area contributed by atoms with Gasteiger partial charge >= 0.3 is 5.97 Å². The first kappa shape index (κ1) is 15.8. The molecule has 1 N–H and O–H groups in total. The lowest BCUT2D eigenvalue weighted by atomic mass is 10.0. The van der Waals surface area contributed by atoms with E-state index in [1.165, 1.54) is 0 Å². The lowest BCUT2D eigenvalue weighted by molar-refractivity contribution is 0.0520. The summed E-state index contributed by atoms with van der Waals surface area (Å²) in [5, 5.41) is 0. The van der Waals surface area contributed by atoms with Crippen LogP contribution in [-0.4, -0.2) is 30.5 Å². The average molecular weight is 301 g/mol. The molecule has 0 bridgehead atoms. The van der Waals surface area contributed by atoms with Gasteiger partial charge in [0, 0.05) is 17.7 Å². The van der Waals surface area contributed by atoms with Gasteiger partial charge in [0.1, 0.15) is 11.4 Å². The third-order valence-corrected chi connectivity index (χ3v) is 3.33. The first-order valence-electron chi connectivity index (χ1n) is 7.08. The van der Waals surface area contributed by atoms with Gasteiger partial charge in [-0.2, -0.15) is 0 Å². The standard InChI is InChI=1S/C17H19NO4/c1-4-22-17(20)15-10-14(11(2)18-15)16(19)9-12-5-7-13(21-3)8-6-12/h5-8,10,18H,4,9H2,1-3H3. The summed E-state index contributed by atoms with van der Waals surface area (Å²) in [6.07, 6.45) is 0.269. The Morgan fingerprint density at radius 2 is 1.86 bits per heavy atom. The Labute approximate surface area is 129 Å². The number of aromatic amines is 1. The van der Waals surface area contributed by atoms with Crippen LogP contribution in [0.3, 0.4) is 0 Å². The molecular formula is C17H19NO4. The topological polar surface area (TPSA) is 68.4 Å². The number of nitrogens with one attached hydrogen (secondary N) is 1. The number of H-pyrrole nitrogens is 1. The minimum Gasteiger partial charge on any atom is -0.497 e. The Bertz CT molecular complexity index is 670. The number of benzene rings is 1. The third-order valence-electron chi connectivity index (χ3n) is 3.33. The molecule has 2 aromatic rings. The zero-order valence-corrected chi connectivity index (χ0v) is 12.9. The highest BCUT2D eigenvalue weighted by Crippen LogP contribution is 2.17. The number of ether oxygens (including phenoxy) is 2. The van der Waals surface area contributed by atoms with Crippen molar-refractivity contribution in [3.05, 3.63) is 52.8 Å². The monoisotopic (exact) mass is 301 g/mol. The van der Waals surface area contributed by atoms with Gasteiger partial charge in [-0.1, -0.05) is 12.1 Å². The van der Waals surface area contributed by atoms with E-state index in [0.29, 0.717) is 23.6 Å². The van der Waals surface area contributed by atoms with Crippen LogP contribution in [0.5, 0.6) is 5.75 Å². The normalized spacial score (nSPS) is 10.3. The highest BCUT2D eigenvalue weighted by molar-refractivity contribution is 6.01. The van der Waals surface area contributed by atoms with Crippen molar-refractivity contribution in [2.75, 3.05) is 13.7 Å². The largest absolute Gasteiger partial charge is 0.497 e. The second-order valence-corrected chi connectivity index (χ2v) is 4.89. The molecule has 0 saturated carbocycles. The number of carbonyl (C=O) groups excluding carboxylic acids is 2. The Balaban J connectivity index is 2.13. The number of aryl methyl sites for hydroxylation is 1. The molecule has 5 nitrogen and oxygen atoms in total. The number of aromatic nitrogens is 1. The van der Waals surface area contributed by atoms with Gasteiger partial charge in [0.15, 0.2) is 5.78 Å². The maximum Gasteiger partial charge on any atom is 0.354 e. The fourth-order valence-electron chi connectivity index (χ4n) is 2.19. The van der Waals surface area contributed by atoms with Crippen LogP contribution < -0.4 is 4.74 Å². The van der Waals surface area contributed by atoms with E-state index in [9.17, 15) is 9.59 Å². The highest BCUT2D eigenvalue weighted by Gasteiger charge is 2.17. The quantitative estimate of drug-likeness (QED) is 0.658. The third kappa shape index (κ3) is 3.55. The van der Waals surface area contributed by atoms with Gasteiger partial charge in [-0.3, -0.25) is 4.79 Å². The van der Waals surface area contributed by atoms with E-state index < -0.39 is 5.97 Å². The minimum atomic E-state index is -0.450. The van der Waals surface area contributed by atoms with Crippen molar-refractivity contribution in [2.45, 2.75) is 20.3 Å². The lowest BCUT2D eigenvalue weighted by Crippen LogP contribution is -2.05. The fraction of sp³-hybridized carbons (Fsp3) is 0.294. The summed E-state index contributed by atoms with van der Waals surface area (Å²) in [7, 11) is 1.60. The van der Waals surface area contributed by atoms with Crippen molar-refractivity contribution < 1.29 is 19.1 Å². The molecule has 22 heavy (non-hydrogen) atoms. The summed E-state index contributed by atoms with van der Waals surface area (Å²) < 4.78 is 10.0. The minimum absolute atomic E-state index is 0.0468. The Kier molecular flexibility index (Phi) is 4.99. The molecule has 5 heteroatoms. The predicted octanol–water partition coefficient (Wildman–Crippen LogP) is 2.93. The molecule has 0 saturated heterocycles. The first-order valence-corrected chi connectivity index (χ1v) is 7.08. The van der Waals surface area contributed by atoms with Crippen LogP contribution in [0.2, 0.25) is 0 Å². The number of hydrogen-bond donors (Lipinski definition) is 1. The van der Waals surface area contributed by atoms with Crippen LogP contribution in [0.1, 0.15) is 39.0 Å². The van der Waals surface area contributed by atoms with Crippen LogP contribution in [0.15, 0.2) is 30.3 Å². The molecule has 0 aliphatic rings. The zero-order chi connectivity index (χ0) is 16.1. The lowest BCUT2D eigenvalue weighted by Gasteiger charge is -2.03. The van der Waals surface area contributed by atoms with Crippen LogP contribution in [0.4, 0.5) is 0 Å². The highest BCUT2D eigenvalue weighted by atomic mass is 16.5. The molecule has 0 unspecified atom stereocenters. The molecule has 0 fully saturated rings. The van der Waals surface area contributed by atoms with E-state index >= 15 is 0 Å². The molecule has 1 aromatic heterocycles. The van der Waals surface area contributed by atoms with Crippen molar-refractivity contribution in [2.24, 2.45) is 0 Å². The second-order valence-electron chi connectivity index (χ2n) is 4.89. The molecule has 0 aliphatic heterocycles. The Hall–Kier alpha value is -2.56. The summed E-state index contributed by atoms with van der Waals surface area (Å²) in [6, 6.07) is 8.89. The van der Waals surface area contributed by atoms with Gasteiger partial charge < -0.3 is 14.5 Å². The maximum absolute atomic E-state index is 12.4. The molecular weight excluding hydrogens is 282 g/mol. The second kappa shape index (κ2) is 6.93. The van der Waals surface area contributed by atoms with E-state index in [0.717, 1.165) is 11.3 Å². The molecule has 0 amide bonds. The molecule has 0 atom stereocenters. The summed E-state index contributed by atoms with van der Waals surface area (Å²) in [5.41, 5.74) is 2.38. The predicted molar refractivity (Wildman–Crippen MR) is 82.5 cm³/mol. The van der Waals surface area contributed by atoms with E-state index in [1.807, 2.05) is 24.3 Å². The summed E-state index contributed by atoms with van der Waals surface area (Å²) in [5.74, 6) is 0.252. The van der Waals surface area contributed by atoms with Gasteiger partial charge in [0.05, 0.1) is 13.7 Å². The summed E-state index contributed by atoms with van der Waals surface area (Å²) >= 11 is 0. The van der Waals surface area contributed by atoms with Crippen LogP contribution in [0.25, 0.3) is 0 Å². The number of rotatable bonds is 6. The van der Waals surface area contributed by atoms with Gasteiger partial charge in [-0.25, -0.2) is 4.79 Å². The first-order chi connectivity index (χ1) is 10.5. The van der Waals surface area contributed by atoms with Crippen LogP contribution >= 0.6 is 0 Å². The number of methoxy groups -OCH3 is 1. The van der Waals surface area contributed by atoms with Gasteiger partial charge in [0.2, 0.25) is 0 Å². The van der Waals surface area contributed by atoms with Crippen LogP contribution in [0, 0.1) is 6.92 Å². The number of ketones is 1. The molecule has 0 spiro atoms. The Morgan fingerprint density at radius 3 is 2.45 bits per heavy atom.